The van der Waals surface area contributed by atoms with E-state index in [2.05, 4.69) is 26.1 Å². The van der Waals surface area contributed by atoms with Gasteiger partial charge in [0.25, 0.3) is 5.91 Å². The Morgan fingerprint density at radius 2 is 1.64 bits per heavy atom. The van der Waals surface area contributed by atoms with Crippen LogP contribution in [0, 0.1) is 0 Å². The Labute approximate surface area is 153 Å². The van der Waals surface area contributed by atoms with Gasteiger partial charge in [-0.3, -0.25) is 4.79 Å². The predicted molar refractivity (Wildman–Crippen MR) is 100 cm³/mol. The van der Waals surface area contributed by atoms with E-state index in [1.807, 2.05) is 12.1 Å². The van der Waals surface area contributed by atoms with E-state index >= 15 is 0 Å². The molecule has 2 aromatic carbocycles. The Morgan fingerprint density at radius 1 is 1.04 bits per heavy atom. The number of rotatable bonds is 4. The molecule has 0 heterocycles. The third-order valence-electron chi connectivity index (χ3n) is 3.77. The molecule has 0 aliphatic carbocycles. The quantitative estimate of drug-likeness (QED) is 0.796. The van der Waals surface area contributed by atoms with Gasteiger partial charge in [-0.15, -0.1) is 0 Å². The summed E-state index contributed by atoms with van der Waals surface area (Å²) >= 11 is 6.00. The minimum Gasteiger partial charge on any atom is -0.449 e. The molecule has 0 aliphatic heterocycles. The van der Waals surface area contributed by atoms with E-state index in [0.717, 1.165) is 5.56 Å². The maximum Gasteiger partial charge on any atom is 0.338 e. The molecule has 0 saturated heterocycles. The van der Waals surface area contributed by atoms with Crippen molar-refractivity contribution in [3.63, 3.8) is 0 Å². The largest absolute Gasteiger partial charge is 0.449 e. The molecule has 0 saturated carbocycles. The minimum absolute atomic E-state index is 0.00453. The zero-order chi connectivity index (χ0) is 18.6. The smallest absolute Gasteiger partial charge is 0.338 e. The van der Waals surface area contributed by atoms with Crippen molar-refractivity contribution < 1.29 is 14.3 Å². The highest BCUT2D eigenvalue weighted by atomic mass is 35.5. The summed E-state index contributed by atoms with van der Waals surface area (Å²) in [5.41, 5.74) is 2.01. The van der Waals surface area contributed by atoms with Crippen LogP contribution in [0.2, 0.25) is 5.02 Å². The molecular weight excluding hydrogens is 338 g/mol. The zero-order valence-corrected chi connectivity index (χ0v) is 15.6. The van der Waals surface area contributed by atoms with Crippen LogP contribution in [0.5, 0.6) is 0 Å². The number of anilines is 1. The zero-order valence-electron chi connectivity index (χ0n) is 14.8. The van der Waals surface area contributed by atoms with Crippen molar-refractivity contribution in [2.75, 3.05) is 5.32 Å². The molecule has 1 atom stereocenters. The predicted octanol–water partition coefficient (Wildman–Crippen LogP) is 4.82. The summed E-state index contributed by atoms with van der Waals surface area (Å²) in [6, 6.07) is 14.1. The summed E-state index contributed by atoms with van der Waals surface area (Å²) in [4.78, 5) is 24.4. The first kappa shape index (κ1) is 19.0. The van der Waals surface area contributed by atoms with Gasteiger partial charge in [-0.1, -0.05) is 56.6 Å². The van der Waals surface area contributed by atoms with Crippen molar-refractivity contribution >= 4 is 29.2 Å². The van der Waals surface area contributed by atoms with Gasteiger partial charge >= 0.3 is 5.97 Å². The Morgan fingerprint density at radius 3 is 2.20 bits per heavy atom. The van der Waals surface area contributed by atoms with E-state index in [0.29, 0.717) is 16.3 Å². The third kappa shape index (κ3) is 5.07. The van der Waals surface area contributed by atoms with Gasteiger partial charge in [-0.05, 0) is 42.2 Å². The van der Waals surface area contributed by atoms with Crippen LogP contribution in [0.25, 0.3) is 0 Å². The van der Waals surface area contributed by atoms with Crippen molar-refractivity contribution in [2.45, 2.75) is 39.2 Å². The fourth-order valence-corrected chi connectivity index (χ4v) is 2.37. The Bertz CT molecular complexity index is 763. The maximum atomic E-state index is 12.2. The fraction of sp³-hybridized carbons (Fsp3) is 0.300. The maximum absolute atomic E-state index is 12.2. The average molecular weight is 360 g/mol. The van der Waals surface area contributed by atoms with Crippen molar-refractivity contribution in [1.82, 2.24) is 0 Å². The van der Waals surface area contributed by atoms with E-state index in [9.17, 15) is 9.59 Å². The molecule has 1 amide bonds. The highest BCUT2D eigenvalue weighted by molar-refractivity contribution is 6.33. The summed E-state index contributed by atoms with van der Waals surface area (Å²) in [5.74, 6) is -0.977. The van der Waals surface area contributed by atoms with E-state index in [4.69, 9.17) is 16.3 Å². The summed E-state index contributed by atoms with van der Waals surface area (Å²) in [6.45, 7) is 7.82. The molecule has 0 unspecified atom stereocenters. The van der Waals surface area contributed by atoms with Crippen molar-refractivity contribution in [3.8, 4) is 0 Å². The first-order valence-corrected chi connectivity index (χ1v) is 8.43. The molecule has 2 rings (SSSR count). The van der Waals surface area contributed by atoms with Crippen LogP contribution in [0.1, 0.15) is 43.6 Å². The lowest BCUT2D eigenvalue weighted by Crippen LogP contribution is -2.30. The molecule has 0 bridgehead atoms. The lowest BCUT2D eigenvalue weighted by molar-refractivity contribution is -0.123. The number of ether oxygens (including phenoxy) is 1. The van der Waals surface area contributed by atoms with Crippen LogP contribution < -0.4 is 5.32 Å². The molecule has 0 radical (unpaired) electrons. The highest BCUT2D eigenvalue weighted by Gasteiger charge is 2.20. The molecule has 2 aromatic rings. The average Bonchev–Trinajstić information content (AvgIpc) is 2.56. The summed E-state index contributed by atoms with van der Waals surface area (Å²) in [5, 5.41) is 3.07. The molecule has 4 nitrogen and oxygen atoms in total. The third-order valence-corrected chi connectivity index (χ3v) is 4.10. The van der Waals surface area contributed by atoms with E-state index in [1.165, 1.54) is 6.92 Å². The summed E-state index contributed by atoms with van der Waals surface area (Å²) in [7, 11) is 0. The number of hydrogen-bond donors (Lipinski definition) is 1. The van der Waals surface area contributed by atoms with Crippen LogP contribution in [0.3, 0.4) is 0 Å². The SMILES string of the molecule is C[C@@H](OC(=O)c1ccc(C(C)(C)C)cc1)C(=O)Nc1ccccc1Cl. The van der Waals surface area contributed by atoms with Crippen molar-refractivity contribution in [2.24, 2.45) is 0 Å². The fourth-order valence-electron chi connectivity index (χ4n) is 2.19. The number of esters is 1. The highest BCUT2D eigenvalue weighted by Crippen LogP contribution is 2.23. The second kappa shape index (κ2) is 7.70. The normalized spacial score (nSPS) is 12.4. The first-order valence-electron chi connectivity index (χ1n) is 8.05. The second-order valence-electron chi connectivity index (χ2n) is 6.84. The van der Waals surface area contributed by atoms with Crippen LogP contribution >= 0.6 is 11.6 Å². The molecule has 0 aliphatic rings. The number of nitrogens with one attached hydrogen (secondary N) is 1. The van der Waals surface area contributed by atoms with E-state index in [-0.39, 0.29) is 5.41 Å². The van der Waals surface area contributed by atoms with Gasteiger partial charge in [-0.2, -0.15) is 0 Å². The molecule has 1 N–H and O–H groups in total. The van der Waals surface area contributed by atoms with Crippen molar-refractivity contribution in [3.05, 3.63) is 64.7 Å². The molecular formula is C20H22ClNO3. The number of halogens is 1. The van der Waals surface area contributed by atoms with Gasteiger partial charge in [-0.25, -0.2) is 4.79 Å². The second-order valence-corrected chi connectivity index (χ2v) is 7.25. The van der Waals surface area contributed by atoms with Gasteiger partial charge in [0, 0.05) is 0 Å². The number of amides is 1. The number of carbonyl (C=O) groups is 2. The molecule has 0 spiro atoms. The van der Waals surface area contributed by atoms with Gasteiger partial charge < -0.3 is 10.1 Å². The van der Waals surface area contributed by atoms with Crippen LogP contribution in [-0.2, 0) is 14.9 Å². The molecule has 0 aromatic heterocycles. The number of hydrogen-bond acceptors (Lipinski definition) is 3. The number of benzene rings is 2. The standard InChI is InChI=1S/C20H22ClNO3/c1-13(18(23)22-17-8-6-5-7-16(17)21)25-19(24)14-9-11-15(12-10-14)20(2,3)4/h5-13H,1-4H3,(H,22,23)/t13-/m1/s1. The van der Waals surface area contributed by atoms with E-state index < -0.39 is 18.0 Å². The summed E-state index contributed by atoms with van der Waals surface area (Å²) in [6.07, 6.45) is -0.939. The Hall–Kier alpha value is -2.33. The Balaban J connectivity index is 1.99. The van der Waals surface area contributed by atoms with Crippen LogP contribution in [0.15, 0.2) is 48.5 Å². The molecule has 0 fully saturated rings. The Kier molecular flexibility index (Phi) is 5.85. The number of carbonyl (C=O) groups excluding carboxylic acids is 2. The lowest BCUT2D eigenvalue weighted by Gasteiger charge is -2.19. The monoisotopic (exact) mass is 359 g/mol. The first-order chi connectivity index (χ1) is 11.7. The van der Waals surface area contributed by atoms with E-state index in [1.54, 1.807) is 36.4 Å². The topological polar surface area (TPSA) is 55.4 Å². The number of para-hydroxylation sites is 1. The summed E-state index contributed by atoms with van der Waals surface area (Å²) < 4.78 is 5.24. The van der Waals surface area contributed by atoms with Gasteiger partial charge in [0.1, 0.15) is 0 Å². The minimum atomic E-state index is -0.939. The lowest BCUT2D eigenvalue weighted by atomic mass is 9.87. The molecule has 25 heavy (non-hydrogen) atoms. The van der Waals surface area contributed by atoms with Crippen LogP contribution in [-0.4, -0.2) is 18.0 Å². The van der Waals surface area contributed by atoms with Crippen LogP contribution in [0.4, 0.5) is 5.69 Å². The van der Waals surface area contributed by atoms with Gasteiger partial charge in [0.2, 0.25) is 0 Å². The van der Waals surface area contributed by atoms with Gasteiger partial charge in [0.15, 0.2) is 6.10 Å². The molecule has 5 heteroatoms. The van der Waals surface area contributed by atoms with Crippen molar-refractivity contribution in [1.29, 1.82) is 0 Å². The van der Waals surface area contributed by atoms with Gasteiger partial charge in [0.05, 0.1) is 16.3 Å². The molecule has 132 valence electrons.